The summed E-state index contributed by atoms with van der Waals surface area (Å²) in [6.45, 7) is 0.491. The van der Waals surface area contributed by atoms with Gasteiger partial charge in [0.1, 0.15) is 0 Å². The van der Waals surface area contributed by atoms with Crippen molar-refractivity contribution in [2.75, 3.05) is 7.11 Å². The first-order chi connectivity index (χ1) is 6.81. The summed E-state index contributed by atoms with van der Waals surface area (Å²) in [7, 11) is 0.822. The summed E-state index contributed by atoms with van der Waals surface area (Å²) in [4.78, 5) is 0. The highest BCUT2D eigenvalue weighted by atomic mass is 16.5. The van der Waals surface area contributed by atoms with Gasteiger partial charge in [0, 0.05) is 0 Å². The predicted octanol–water partition coefficient (Wildman–Crippen LogP) is 0.521. The molecule has 0 bridgehead atoms. The van der Waals surface area contributed by atoms with Crippen LogP contribution in [0, 0.1) is 0 Å². The minimum Gasteiger partial charge on any atom is -0.504 e. The van der Waals surface area contributed by atoms with E-state index in [1.807, 2.05) is 24.3 Å². The molecule has 0 aliphatic carbocycles. The van der Waals surface area contributed by atoms with Gasteiger partial charge in [0.2, 0.25) is 0 Å². The van der Waals surface area contributed by atoms with E-state index in [1.54, 1.807) is 13.4 Å². The number of methoxy groups -OCH3 is 1. The van der Waals surface area contributed by atoms with Crippen molar-refractivity contribution in [3.8, 4) is 0 Å². The third kappa shape index (κ3) is 1.67. The molecule has 0 aromatic heterocycles. The van der Waals surface area contributed by atoms with Crippen molar-refractivity contribution in [1.82, 2.24) is 0 Å². The number of ether oxygens (including phenoxy) is 1. The Balaban J connectivity index is 2.30. The van der Waals surface area contributed by atoms with Crippen LogP contribution in [0.3, 0.4) is 0 Å². The second-order valence-electron chi connectivity index (χ2n) is 3.16. The Labute approximate surface area is 83.1 Å². The van der Waals surface area contributed by atoms with Gasteiger partial charge in [-0.15, -0.1) is 0 Å². The van der Waals surface area contributed by atoms with E-state index in [-0.39, 0.29) is 0 Å². The van der Waals surface area contributed by atoms with Crippen LogP contribution in [0.15, 0.2) is 24.5 Å². The molecule has 0 atom stereocenters. The van der Waals surface area contributed by atoms with E-state index in [0.717, 1.165) is 16.6 Å². The van der Waals surface area contributed by atoms with Crippen molar-refractivity contribution in [2.45, 2.75) is 6.61 Å². The molecule has 0 fully saturated rings. The Kier molecular flexibility index (Phi) is 2.57. The van der Waals surface area contributed by atoms with Crippen molar-refractivity contribution in [1.29, 1.82) is 0 Å². The first kappa shape index (κ1) is 9.31. The monoisotopic (exact) mass is 190 g/mol. The summed E-state index contributed by atoms with van der Waals surface area (Å²) < 4.78 is 9.90. The highest BCUT2D eigenvalue weighted by Gasteiger charge is 2.26. The minimum absolute atomic E-state index is 0.491. The van der Waals surface area contributed by atoms with Crippen LogP contribution in [0.25, 0.3) is 6.08 Å². The van der Waals surface area contributed by atoms with Gasteiger partial charge in [-0.05, 0) is 22.7 Å². The zero-order chi connectivity index (χ0) is 9.97. The second kappa shape index (κ2) is 3.86. The van der Waals surface area contributed by atoms with E-state index in [1.165, 1.54) is 0 Å². The summed E-state index contributed by atoms with van der Waals surface area (Å²) in [6.07, 6.45) is 3.44. The third-order valence-corrected chi connectivity index (χ3v) is 2.23. The fraction of sp³-hybridized carbons (Fsp3) is 0.200. The summed E-state index contributed by atoms with van der Waals surface area (Å²) >= 11 is 0. The summed E-state index contributed by atoms with van der Waals surface area (Å²) in [5, 5.41) is 9.45. The first-order valence-corrected chi connectivity index (χ1v) is 4.43. The quantitative estimate of drug-likeness (QED) is 0.545. The molecule has 1 heterocycles. The van der Waals surface area contributed by atoms with Crippen LogP contribution in [0.4, 0.5) is 0 Å². The Hall–Kier alpha value is -1.26. The van der Waals surface area contributed by atoms with Gasteiger partial charge in [-0.1, -0.05) is 18.2 Å². The van der Waals surface area contributed by atoms with Crippen LogP contribution in [-0.4, -0.2) is 19.3 Å². The van der Waals surface area contributed by atoms with Crippen molar-refractivity contribution < 1.29 is 14.4 Å². The molecule has 2 rings (SSSR count). The van der Waals surface area contributed by atoms with E-state index in [9.17, 15) is 5.02 Å². The number of fused-ring (bicyclic) bond motifs is 1. The highest BCUT2D eigenvalue weighted by molar-refractivity contribution is 6.61. The average molecular weight is 190 g/mol. The van der Waals surface area contributed by atoms with E-state index >= 15 is 0 Å². The van der Waals surface area contributed by atoms with E-state index in [0.29, 0.717) is 6.61 Å². The topological polar surface area (TPSA) is 38.7 Å². The summed E-state index contributed by atoms with van der Waals surface area (Å²) in [5.74, 6) is 0. The van der Waals surface area contributed by atoms with Gasteiger partial charge < -0.3 is 14.4 Å². The van der Waals surface area contributed by atoms with Gasteiger partial charge in [0.15, 0.2) is 0 Å². The van der Waals surface area contributed by atoms with Crippen molar-refractivity contribution in [3.05, 3.63) is 35.6 Å². The van der Waals surface area contributed by atoms with Gasteiger partial charge >= 0.3 is 7.12 Å². The minimum atomic E-state index is -0.777. The lowest BCUT2D eigenvalue weighted by molar-refractivity contribution is 0.275. The summed E-state index contributed by atoms with van der Waals surface area (Å²) in [6, 6.07) is 5.83. The molecule has 0 unspecified atom stereocenters. The molecule has 1 aromatic rings. The molecule has 0 radical (unpaired) electrons. The lowest BCUT2D eigenvalue weighted by Crippen LogP contribution is -2.28. The fourth-order valence-corrected chi connectivity index (χ4v) is 1.48. The van der Waals surface area contributed by atoms with Gasteiger partial charge in [0.25, 0.3) is 0 Å². The molecular weight excluding hydrogens is 179 g/mol. The van der Waals surface area contributed by atoms with Crippen LogP contribution in [-0.2, 0) is 16.0 Å². The Morgan fingerprint density at radius 3 is 3.21 bits per heavy atom. The van der Waals surface area contributed by atoms with Crippen LogP contribution in [0.1, 0.15) is 11.1 Å². The van der Waals surface area contributed by atoms with Crippen LogP contribution < -0.4 is 5.46 Å². The number of benzene rings is 1. The van der Waals surface area contributed by atoms with Crippen molar-refractivity contribution >= 4 is 18.7 Å². The molecule has 14 heavy (non-hydrogen) atoms. The Morgan fingerprint density at radius 1 is 1.57 bits per heavy atom. The zero-order valence-corrected chi connectivity index (χ0v) is 7.93. The third-order valence-electron chi connectivity index (χ3n) is 2.23. The van der Waals surface area contributed by atoms with E-state index < -0.39 is 7.12 Å². The van der Waals surface area contributed by atoms with Crippen molar-refractivity contribution in [3.63, 3.8) is 0 Å². The molecule has 1 N–H and O–H groups in total. The molecule has 72 valence electrons. The standard InChI is InChI=1S/C10H11BO3/c1-13-5-4-8-2-3-9-7-14-11(12)10(9)6-8/h2-6,12H,7H2,1H3/b5-4+. The number of rotatable bonds is 2. The van der Waals surface area contributed by atoms with E-state index in [4.69, 9.17) is 9.39 Å². The Bertz CT molecular complexity index is 362. The molecule has 1 aliphatic heterocycles. The predicted molar refractivity (Wildman–Crippen MR) is 54.9 cm³/mol. The van der Waals surface area contributed by atoms with Crippen LogP contribution in [0.5, 0.6) is 0 Å². The SMILES string of the molecule is CO/C=C/c1ccc2c(c1)B(O)OC2. The number of hydrogen-bond donors (Lipinski definition) is 1. The largest absolute Gasteiger partial charge is 0.504 e. The van der Waals surface area contributed by atoms with Gasteiger partial charge in [-0.3, -0.25) is 0 Å². The molecule has 0 amide bonds. The fourth-order valence-electron chi connectivity index (χ4n) is 1.48. The number of hydrogen-bond acceptors (Lipinski definition) is 3. The average Bonchev–Trinajstić information content (AvgIpc) is 2.57. The molecule has 3 nitrogen and oxygen atoms in total. The van der Waals surface area contributed by atoms with Crippen molar-refractivity contribution in [2.24, 2.45) is 0 Å². The normalized spacial score (nSPS) is 14.9. The second-order valence-corrected chi connectivity index (χ2v) is 3.16. The molecule has 0 spiro atoms. The van der Waals surface area contributed by atoms with Crippen LogP contribution in [0.2, 0.25) is 0 Å². The molecule has 1 aliphatic rings. The summed E-state index contributed by atoms with van der Waals surface area (Å²) in [5.41, 5.74) is 2.89. The smallest absolute Gasteiger partial charge is 0.491 e. The lowest BCUT2D eigenvalue weighted by Gasteiger charge is -1.99. The molecule has 1 aromatic carbocycles. The molecule has 0 saturated carbocycles. The molecule has 0 saturated heterocycles. The molecular formula is C10H11BO3. The van der Waals surface area contributed by atoms with Crippen LogP contribution >= 0.6 is 0 Å². The maximum absolute atomic E-state index is 9.45. The lowest BCUT2D eigenvalue weighted by atomic mass is 9.79. The molecule has 4 heteroatoms. The van der Waals surface area contributed by atoms with E-state index in [2.05, 4.69) is 0 Å². The highest BCUT2D eigenvalue weighted by Crippen LogP contribution is 2.12. The maximum Gasteiger partial charge on any atom is 0.491 e. The van der Waals surface area contributed by atoms with Gasteiger partial charge in [-0.2, -0.15) is 0 Å². The maximum atomic E-state index is 9.45. The zero-order valence-electron chi connectivity index (χ0n) is 7.93. The first-order valence-electron chi connectivity index (χ1n) is 4.43. The van der Waals surface area contributed by atoms with Gasteiger partial charge in [-0.25, -0.2) is 0 Å². The van der Waals surface area contributed by atoms with Gasteiger partial charge in [0.05, 0.1) is 20.0 Å². The Morgan fingerprint density at radius 2 is 2.43 bits per heavy atom.